The molecule has 6 heteroatoms. The number of esters is 2. The zero-order valence-corrected chi connectivity index (χ0v) is 21.3. The summed E-state index contributed by atoms with van der Waals surface area (Å²) in [4.78, 5) is 23.9. The second-order valence-corrected chi connectivity index (χ2v) is 10.3. The van der Waals surface area contributed by atoms with E-state index in [0.29, 0.717) is 12.2 Å². The van der Waals surface area contributed by atoms with E-state index in [9.17, 15) is 19.1 Å². The number of ether oxygens (including phenoxy) is 2. The Hall–Kier alpha value is -2.89. The first-order chi connectivity index (χ1) is 15.7. The van der Waals surface area contributed by atoms with E-state index >= 15 is 0 Å². The molecule has 0 aliphatic heterocycles. The fourth-order valence-electron chi connectivity index (χ4n) is 3.32. The van der Waals surface area contributed by atoms with Gasteiger partial charge >= 0.3 is 11.9 Å². The monoisotopic (exact) mass is 472 g/mol. The number of phenols is 1. The Bertz CT molecular complexity index is 1030. The standard InChI is InChI=1S/C16H21FO2.C12H16O3/c1-5-15(2,3)14(18)19-16(4)9-8-11-10-12(17)6-7-13(11)16;1-4-12(2,3)11(14)15-10-7-5-6-9(13)8-10/h6-7,10H,5,8-9H2,1-4H3;5-8,13H,4H2,1-3H3. The number of rotatable bonds is 6. The van der Waals surface area contributed by atoms with Gasteiger partial charge in [-0.2, -0.15) is 0 Å². The molecule has 1 atom stereocenters. The highest BCUT2D eigenvalue weighted by molar-refractivity contribution is 5.78. The van der Waals surface area contributed by atoms with Crippen LogP contribution in [0.5, 0.6) is 11.5 Å². The molecular formula is C28H37FO5. The van der Waals surface area contributed by atoms with E-state index in [-0.39, 0.29) is 23.5 Å². The molecule has 0 fully saturated rings. The minimum absolute atomic E-state index is 0.0922. The minimum atomic E-state index is -0.618. The number of carbonyl (C=O) groups excluding carboxylic acids is 2. The Balaban J connectivity index is 0.000000248. The molecule has 186 valence electrons. The van der Waals surface area contributed by atoms with Crippen LogP contribution in [0.25, 0.3) is 0 Å². The van der Waals surface area contributed by atoms with Crippen LogP contribution in [-0.4, -0.2) is 17.0 Å². The maximum Gasteiger partial charge on any atom is 0.316 e. The Morgan fingerprint density at radius 1 is 1.00 bits per heavy atom. The van der Waals surface area contributed by atoms with Crippen molar-refractivity contribution < 1.29 is 28.6 Å². The number of phenolic OH excluding ortho intramolecular Hbond substituents is 1. The van der Waals surface area contributed by atoms with Gasteiger partial charge in [-0.3, -0.25) is 9.59 Å². The predicted octanol–water partition coefficient (Wildman–Crippen LogP) is 6.70. The van der Waals surface area contributed by atoms with Crippen molar-refractivity contribution in [1.82, 2.24) is 0 Å². The zero-order valence-electron chi connectivity index (χ0n) is 21.3. The van der Waals surface area contributed by atoms with Gasteiger partial charge in [0.05, 0.1) is 10.8 Å². The lowest BCUT2D eigenvalue weighted by Gasteiger charge is -2.31. The molecule has 1 N–H and O–H groups in total. The second kappa shape index (κ2) is 10.6. The Kier molecular flexibility index (Phi) is 8.51. The molecule has 5 nitrogen and oxygen atoms in total. The first-order valence-corrected chi connectivity index (χ1v) is 11.8. The van der Waals surface area contributed by atoms with Crippen LogP contribution < -0.4 is 4.74 Å². The molecule has 0 heterocycles. The number of hydrogen-bond acceptors (Lipinski definition) is 5. The summed E-state index contributed by atoms with van der Waals surface area (Å²) in [5.41, 5.74) is 0.294. The average molecular weight is 473 g/mol. The van der Waals surface area contributed by atoms with Gasteiger partial charge in [0.2, 0.25) is 0 Å². The largest absolute Gasteiger partial charge is 0.508 e. The highest BCUT2D eigenvalue weighted by Crippen LogP contribution is 2.41. The lowest BCUT2D eigenvalue weighted by Crippen LogP contribution is -2.34. The fraction of sp³-hybridized carbons (Fsp3) is 0.500. The van der Waals surface area contributed by atoms with E-state index < -0.39 is 16.4 Å². The van der Waals surface area contributed by atoms with Gasteiger partial charge in [0.1, 0.15) is 22.9 Å². The van der Waals surface area contributed by atoms with Gasteiger partial charge in [-0.1, -0.05) is 26.0 Å². The summed E-state index contributed by atoms with van der Waals surface area (Å²) < 4.78 is 24.1. The highest BCUT2D eigenvalue weighted by Gasteiger charge is 2.41. The van der Waals surface area contributed by atoms with Gasteiger partial charge in [0.25, 0.3) is 0 Å². The SMILES string of the molecule is CCC(C)(C)C(=O)OC1(C)CCc2cc(F)ccc21.CCC(C)(C)C(=O)Oc1cccc(O)c1. The number of fused-ring (bicyclic) bond motifs is 1. The average Bonchev–Trinajstić information content (AvgIpc) is 3.09. The number of benzene rings is 2. The third-order valence-electron chi connectivity index (χ3n) is 6.73. The summed E-state index contributed by atoms with van der Waals surface area (Å²) in [6.45, 7) is 13.3. The van der Waals surface area contributed by atoms with Crippen LogP contribution in [0.4, 0.5) is 4.39 Å². The van der Waals surface area contributed by atoms with Gasteiger partial charge in [-0.25, -0.2) is 4.39 Å². The van der Waals surface area contributed by atoms with Crippen molar-refractivity contribution in [3.63, 3.8) is 0 Å². The molecule has 34 heavy (non-hydrogen) atoms. The highest BCUT2D eigenvalue weighted by atomic mass is 19.1. The van der Waals surface area contributed by atoms with E-state index in [1.807, 2.05) is 48.5 Å². The van der Waals surface area contributed by atoms with E-state index in [1.165, 1.54) is 18.2 Å². The molecule has 0 saturated heterocycles. The molecule has 0 amide bonds. The molecular weight excluding hydrogens is 435 g/mol. The molecule has 2 aromatic rings. The first-order valence-electron chi connectivity index (χ1n) is 11.8. The molecule has 0 radical (unpaired) electrons. The Morgan fingerprint density at radius 2 is 1.62 bits per heavy atom. The number of aryl methyl sites for hydroxylation is 1. The van der Waals surface area contributed by atoms with Gasteiger partial charge in [-0.15, -0.1) is 0 Å². The second-order valence-electron chi connectivity index (χ2n) is 10.3. The number of hydrogen-bond donors (Lipinski definition) is 1. The lowest BCUT2D eigenvalue weighted by atomic mass is 9.89. The summed E-state index contributed by atoms with van der Waals surface area (Å²) in [5, 5.41) is 9.19. The topological polar surface area (TPSA) is 72.8 Å². The van der Waals surface area contributed by atoms with Crippen molar-refractivity contribution in [2.75, 3.05) is 0 Å². The van der Waals surface area contributed by atoms with E-state index in [2.05, 4.69) is 0 Å². The Morgan fingerprint density at radius 3 is 2.21 bits per heavy atom. The molecule has 0 spiro atoms. The van der Waals surface area contributed by atoms with Crippen LogP contribution in [0.1, 0.15) is 78.9 Å². The third kappa shape index (κ3) is 6.58. The van der Waals surface area contributed by atoms with Crippen molar-refractivity contribution in [1.29, 1.82) is 0 Å². The predicted molar refractivity (Wildman–Crippen MR) is 130 cm³/mol. The van der Waals surface area contributed by atoms with Gasteiger partial charge in [-0.05, 0) is 95.7 Å². The molecule has 2 aromatic carbocycles. The summed E-state index contributed by atoms with van der Waals surface area (Å²) >= 11 is 0. The van der Waals surface area contributed by atoms with Crippen LogP contribution in [0, 0.1) is 16.6 Å². The van der Waals surface area contributed by atoms with Crippen molar-refractivity contribution in [2.45, 2.75) is 79.8 Å². The lowest BCUT2D eigenvalue weighted by molar-refractivity contribution is -0.170. The van der Waals surface area contributed by atoms with Gasteiger partial charge < -0.3 is 14.6 Å². The summed E-state index contributed by atoms with van der Waals surface area (Å²) in [6.07, 6.45) is 2.92. The van der Waals surface area contributed by atoms with Crippen LogP contribution in [0.15, 0.2) is 42.5 Å². The van der Waals surface area contributed by atoms with Gasteiger partial charge in [0.15, 0.2) is 0 Å². The molecule has 0 aromatic heterocycles. The molecule has 0 bridgehead atoms. The van der Waals surface area contributed by atoms with Crippen LogP contribution in [0.2, 0.25) is 0 Å². The zero-order chi connectivity index (χ0) is 25.7. The molecule has 1 aliphatic carbocycles. The number of halogens is 1. The van der Waals surface area contributed by atoms with Crippen molar-refractivity contribution >= 4 is 11.9 Å². The normalized spacial score (nSPS) is 17.3. The van der Waals surface area contributed by atoms with Crippen molar-refractivity contribution in [2.24, 2.45) is 10.8 Å². The minimum Gasteiger partial charge on any atom is -0.508 e. The van der Waals surface area contributed by atoms with E-state index in [4.69, 9.17) is 9.47 Å². The quantitative estimate of drug-likeness (QED) is 0.374. The molecule has 1 aliphatic rings. The fourth-order valence-corrected chi connectivity index (χ4v) is 3.32. The summed E-state index contributed by atoms with van der Waals surface area (Å²) in [6, 6.07) is 10.9. The van der Waals surface area contributed by atoms with Gasteiger partial charge in [0, 0.05) is 6.07 Å². The maximum absolute atomic E-state index is 13.2. The van der Waals surface area contributed by atoms with Crippen molar-refractivity contribution in [3.05, 3.63) is 59.4 Å². The van der Waals surface area contributed by atoms with Crippen LogP contribution in [-0.2, 0) is 26.3 Å². The van der Waals surface area contributed by atoms with Crippen LogP contribution >= 0.6 is 0 Å². The molecule has 1 unspecified atom stereocenters. The summed E-state index contributed by atoms with van der Waals surface area (Å²) in [5.74, 6) is -0.232. The maximum atomic E-state index is 13.2. The first kappa shape index (κ1) is 27.4. The van der Waals surface area contributed by atoms with E-state index in [0.717, 1.165) is 30.4 Å². The smallest absolute Gasteiger partial charge is 0.316 e. The molecule has 0 saturated carbocycles. The number of carbonyl (C=O) groups is 2. The summed E-state index contributed by atoms with van der Waals surface area (Å²) in [7, 11) is 0. The molecule has 3 rings (SSSR count). The third-order valence-corrected chi connectivity index (χ3v) is 6.73. The van der Waals surface area contributed by atoms with Crippen molar-refractivity contribution in [3.8, 4) is 11.5 Å². The number of aromatic hydroxyl groups is 1. The van der Waals surface area contributed by atoms with Crippen LogP contribution in [0.3, 0.4) is 0 Å². The Labute approximate surface area is 202 Å². The van der Waals surface area contributed by atoms with E-state index in [1.54, 1.807) is 24.3 Å².